The molecule has 1 fully saturated rings. The van der Waals surface area contributed by atoms with E-state index in [1.165, 1.54) is 5.56 Å². The molecule has 0 bridgehead atoms. The predicted molar refractivity (Wildman–Crippen MR) is 70.7 cm³/mol. The van der Waals surface area contributed by atoms with Gasteiger partial charge in [0.2, 0.25) is 12.4 Å². The van der Waals surface area contributed by atoms with Crippen molar-refractivity contribution in [3.63, 3.8) is 0 Å². The third-order valence-electron chi connectivity index (χ3n) is 3.48. The number of aryl methyl sites for hydroxylation is 1. The summed E-state index contributed by atoms with van der Waals surface area (Å²) >= 11 is 0. The highest BCUT2D eigenvalue weighted by molar-refractivity contribution is 5.80. The van der Waals surface area contributed by atoms with Crippen LogP contribution >= 0.6 is 0 Å². The Hall–Kier alpha value is -2.04. The van der Waals surface area contributed by atoms with Crippen molar-refractivity contribution < 1.29 is 4.79 Å². The second-order valence-corrected chi connectivity index (χ2v) is 4.66. The molecule has 1 aromatic carbocycles. The molecule has 0 atom stereocenters. The summed E-state index contributed by atoms with van der Waals surface area (Å²) in [6.45, 7) is 5.27. The number of hydrogen-bond acceptors (Lipinski definition) is 3. The lowest BCUT2D eigenvalue weighted by Crippen LogP contribution is -2.46. The molecule has 2 heterocycles. The maximum Gasteiger partial charge on any atom is 0.209 e. The van der Waals surface area contributed by atoms with Gasteiger partial charge in [0.1, 0.15) is 0 Å². The van der Waals surface area contributed by atoms with Crippen molar-refractivity contribution in [1.29, 1.82) is 0 Å². The maximum atomic E-state index is 10.7. The Morgan fingerprint density at radius 2 is 2.06 bits per heavy atom. The van der Waals surface area contributed by atoms with Crippen LogP contribution in [0.3, 0.4) is 0 Å². The number of amides is 1. The van der Waals surface area contributed by atoms with Gasteiger partial charge in [-0.3, -0.25) is 4.79 Å². The van der Waals surface area contributed by atoms with Gasteiger partial charge in [0.05, 0.1) is 11.0 Å². The summed E-state index contributed by atoms with van der Waals surface area (Å²) in [7, 11) is 0. The van der Waals surface area contributed by atoms with Gasteiger partial charge in [0, 0.05) is 26.2 Å². The molecule has 1 aromatic heterocycles. The molecule has 5 heteroatoms. The second-order valence-electron chi connectivity index (χ2n) is 4.66. The molecule has 18 heavy (non-hydrogen) atoms. The fourth-order valence-corrected chi connectivity index (χ4v) is 2.35. The zero-order valence-electron chi connectivity index (χ0n) is 10.4. The Balaban J connectivity index is 1.87. The molecule has 0 radical (unpaired) electrons. The first-order chi connectivity index (χ1) is 8.78. The van der Waals surface area contributed by atoms with Crippen LogP contribution in [0, 0.1) is 6.92 Å². The molecule has 1 saturated heterocycles. The Morgan fingerprint density at radius 1 is 1.28 bits per heavy atom. The van der Waals surface area contributed by atoms with E-state index in [1.54, 1.807) is 4.90 Å². The van der Waals surface area contributed by atoms with E-state index in [9.17, 15) is 4.79 Å². The molecule has 0 aliphatic carbocycles. The van der Waals surface area contributed by atoms with E-state index in [0.717, 1.165) is 49.6 Å². The highest BCUT2D eigenvalue weighted by Gasteiger charge is 2.18. The number of imidazole rings is 1. The SMILES string of the molecule is Cc1cccc2nc(N3CCN(C=O)CC3)[nH]c12. The Bertz CT molecular complexity index is 569. The number of anilines is 1. The number of nitrogens with one attached hydrogen (secondary N) is 1. The fourth-order valence-electron chi connectivity index (χ4n) is 2.35. The zero-order chi connectivity index (χ0) is 12.5. The van der Waals surface area contributed by atoms with Gasteiger partial charge in [-0.2, -0.15) is 0 Å². The summed E-state index contributed by atoms with van der Waals surface area (Å²) in [6, 6.07) is 6.12. The lowest BCUT2D eigenvalue weighted by atomic mass is 10.2. The molecule has 0 saturated carbocycles. The number of nitrogens with zero attached hydrogens (tertiary/aromatic N) is 3. The smallest absolute Gasteiger partial charge is 0.209 e. The van der Waals surface area contributed by atoms with Crippen molar-refractivity contribution in [2.75, 3.05) is 31.1 Å². The number of para-hydroxylation sites is 1. The van der Waals surface area contributed by atoms with Crippen LogP contribution in [-0.2, 0) is 4.79 Å². The van der Waals surface area contributed by atoms with Gasteiger partial charge in [-0.15, -0.1) is 0 Å². The zero-order valence-corrected chi connectivity index (χ0v) is 10.4. The van der Waals surface area contributed by atoms with Crippen molar-refractivity contribution in [3.8, 4) is 0 Å². The summed E-state index contributed by atoms with van der Waals surface area (Å²) in [5, 5.41) is 0. The van der Waals surface area contributed by atoms with Crippen LogP contribution in [0.15, 0.2) is 18.2 Å². The van der Waals surface area contributed by atoms with Crippen molar-refractivity contribution in [3.05, 3.63) is 23.8 Å². The topological polar surface area (TPSA) is 52.2 Å². The second kappa shape index (κ2) is 4.33. The number of rotatable bonds is 2. The number of aromatic amines is 1. The highest BCUT2D eigenvalue weighted by atomic mass is 16.1. The summed E-state index contributed by atoms with van der Waals surface area (Å²) < 4.78 is 0. The van der Waals surface area contributed by atoms with Crippen molar-refractivity contribution in [2.24, 2.45) is 0 Å². The molecule has 1 N–H and O–H groups in total. The number of piperazine rings is 1. The van der Waals surface area contributed by atoms with Gasteiger partial charge in [0.25, 0.3) is 0 Å². The van der Waals surface area contributed by atoms with Crippen LogP contribution in [0.4, 0.5) is 5.95 Å². The molecule has 2 aromatic rings. The molecule has 0 spiro atoms. The average Bonchev–Trinajstić information content (AvgIpc) is 2.84. The van der Waals surface area contributed by atoms with Gasteiger partial charge < -0.3 is 14.8 Å². The first-order valence-corrected chi connectivity index (χ1v) is 6.17. The Morgan fingerprint density at radius 3 is 2.72 bits per heavy atom. The number of aromatic nitrogens is 2. The lowest BCUT2D eigenvalue weighted by Gasteiger charge is -2.32. The van der Waals surface area contributed by atoms with Crippen molar-refractivity contribution in [1.82, 2.24) is 14.9 Å². The van der Waals surface area contributed by atoms with E-state index in [-0.39, 0.29) is 0 Å². The minimum atomic E-state index is 0.763. The molecule has 1 amide bonds. The van der Waals surface area contributed by atoms with Gasteiger partial charge in [-0.25, -0.2) is 4.98 Å². The first-order valence-electron chi connectivity index (χ1n) is 6.17. The summed E-state index contributed by atoms with van der Waals surface area (Å²) in [5.41, 5.74) is 3.31. The van der Waals surface area contributed by atoms with Crippen LogP contribution in [-0.4, -0.2) is 47.5 Å². The summed E-state index contributed by atoms with van der Waals surface area (Å²) in [4.78, 5) is 22.6. The van der Waals surface area contributed by atoms with E-state index in [4.69, 9.17) is 0 Å². The normalized spacial score (nSPS) is 16.3. The number of H-pyrrole nitrogens is 1. The number of fused-ring (bicyclic) bond motifs is 1. The third-order valence-corrected chi connectivity index (χ3v) is 3.48. The minimum absolute atomic E-state index is 0.763. The number of benzene rings is 1. The number of hydrogen-bond donors (Lipinski definition) is 1. The summed E-state index contributed by atoms with van der Waals surface area (Å²) in [5.74, 6) is 0.907. The average molecular weight is 244 g/mol. The lowest BCUT2D eigenvalue weighted by molar-refractivity contribution is -0.118. The van der Waals surface area contributed by atoms with Crippen LogP contribution in [0.5, 0.6) is 0 Å². The van der Waals surface area contributed by atoms with Gasteiger partial charge in [0.15, 0.2) is 0 Å². The predicted octanol–water partition coefficient (Wildman–Crippen LogP) is 1.15. The van der Waals surface area contributed by atoms with Crippen LogP contribution in [0.25, 0.3) is 11.0 Å². The fraction of sp³-hybridized carbons (Fsp3) is 0.385. The molecular weight excluding hydrogens is 228 g/mol. The van der Waals surface area contributed by atoms with Crippen molar-refractivity contribution in [2.45, 2.75) is 6.92 Å². The van der Waals surface area contributed by atoms with E-state index in [2.05, 4.69) is 27.9 Å². The monoisotopic (exact) mass is 244 g/mol. The molecule has 1 aliphatic rings. The highest BCUT2D eigenvalue weighted by Crippen LogP contribution is 2.20. The maximum absolute atomic E-state index is 10.7. The molecule has 0 unspecified atom stereocenters. The summed E-state index contributed by atoms with van der Waals surface area (Å²) in [6.07, 6.45) is 0.917. The van der Waals surface area contributed by atoms with E-state index in [0.29, 0.717) is 0 Å². The van der Waals surface area contributed by atoms with Gasteiger partial charge in [-0.1, -0.05) is 12.1 Å². The standard InChI is InChI=1S/C13H16N4O/c1-10-3-2-4-11-12(10)15-13(14-11)17-7-5-16(9-18)6-8-17/h2-4,9H,5-8H2,1H3,(H,14,15). The van der Waals surface area contributed by atoms with Crippen LogP contribution in [0.2, 0.25) is 0 Å². The Kier molecular flexibility index (Phi) is 2.66. The van der Waals surface area contributed by atoms with Crippen LogP contribution in [0.1, 0.15) is 5.56 Å². The number of carbonyl (C=O) groups is 1. The van der Waals surface area contributed by atoms with E-state index < -0.39 is 0 Å². The van der Waals surface area contributed by atoms with Crippen molar-refractivity contribution >= 4 is 23.4 Å². The van der Waals surface area contributed by atoms with E-state index in [1.807, 2.05) is 12.1 Å². The molecule has 94 valence electrons. The quantitative estimate of drug-likeness (QED) is 0.806. The largest absolute Gasteiger partial charge is 0.342 e. The minimum Gasteiger partial charge on any atom is -0.342 e. The van der Waals surface area contributed by atoms with E-state index >= 15 is 0 Å². The molecule has 3 rings (SSSR count). The van der Waals surface area contributed by atoms with Crippen LogP contribution < -0.4 is 4.90 Å². The van der Waals surface area contributed by atoms with Gasteiger partial charge in [-0.05, 0) is 18.6 Å². The Labute approximate surface area is 105 Å². The molecular formula is C13H16N4O. The first kappa shape index (κ1) is 11.1. The number of carbonyl (C=O) groups excluding carboxylic acids is 1. The third kappa shape index (κ3) is 1.81. The van der Waals surface area contributed by atoms with Gasteiger partial charge >= 0.3 is 0 Å². The molecule has 5 nitrogen and oxygen atoms in total. The molecule has 1 aliphatic heterocycles.